The van der Waals surface area contributed by atoms with Crippen LogP contribution in [0.4, 0.5) is 0 Å². The molecule has 0 amide bonds. The van der Waals surface area contributed by atoms with Crippen molar-refractivity contribution in [3.05, 3.63) is 21.9 Å². The van der Waals surface area contributed by atoms with E-state index in [0.29, 0.717) is 18.5 Å². The number of hydrogen-bond acceptors (Lipinski definition) is 3. The van der Waals surface area contributed by atoms with Crippen molar-refractivity contribution >= 4 is 6.29 Å². The Bertz CT molecular complexity index is 313. The Morgan fingerprint density at radius 3 is 2.18 bits per heavy atom. The van der Waals surface area contributed by atoms with E-state index in [9.17, 15) is 14.9 Å². The highest BCUT2D eigenvalue weighted by molar-refractivity contribution is 5.50. The molecule has 0 rings (SSSR count). The molecule has 0 heterocycles. The van der Waals surface area contributed by atoms with Gasteiger partial charge < -0.3 is 0 Å². The third-order valence-electron chi connectivity index (χ3n) is 3.88. The van der Waals surface area contributed by atoms with E-state index in [0.717, 1.165) is 44.9 Å². The lowest BCUT2D eigenvalue weighted by Crippen LogP contribution is -1.99. The number of nitrogens with zero attached hydrogens (tertiary/aromatic N) is 1. The topological polar surface area (TPSA) is 60.2 Å². The van der Waals surface area contributed by atoms with Gasteiger partial charge in [-0.1, -0.05) is 58.3 Å². The van der Waals surface area contributed by atoms with Crippen molar-refractivity contribution in [1.82, 2.24) is 0 Å². The average molecular weight is 310 g/mol. The standard InChI is InChI=1S/C18H32NO3/c1-2-3-4-5-6-9-12-15-18(19(21)22)16-13-10-7-8-11-14-17-20/h15H,2-14,16H2,1H3/b18-15-. The first-order valence-electron chi connectivity index (χ1n) is 8.90. The number of unbranched alkanes of at least 4 members (excludes halogenated alkanes) is 11. The van der Waals surface area contributed by atoms with Crippen molar-refractivity contribution in [2.45, 2.75) is 96.8 Å². The van der Waals surface area contributed by atoms with Crippen LogP contribution in [0.5, 0.6) is 0 Å². The average Bonchev–Trinajstić information content (AvgIpc) is 2.50. The zero-order valence-electron chi connectivity index (χ0n) is 14.1. The van der Waals surface area contributed by atoms with Crippen LogP contribution in [0.15, 0.2) is 11.8 Å². The third kappa shape index (κ3) is 13.8. The molecule has 4 nitrogen and oxygen atoms in total. The first kappa shape index (κ1) is 20.8. The Balaban J connectivity index is 3.69. The van der Waals surface area contributed by atoms with Gasteiger partial charge in [0, 0.05) is 12.8 Å². The van der Waals surface area contributed by atoms with E-state index in [1.165, 1.54) is 32.1 Å². The van der Waals surface area contributed by atoms with Crippen LogP contribution in [0.25, 0.3) is 0 Å². The minimum absolute atomic E-state index is 0.224. The third-order valence-corrected chi connectivity index (χ3v) is 3.88. The molecule has 0 atom stereocenters. The summed E-state index contributed by atoms with van der Waals surface area (Å²) in [6, 6.07) is 0. The maximum Gasteiger partial charge on any atom is 0.242 e. The zero-order chi connectivity index (χ0) is 16.5. The quantitative estimate of drug-likeness (QED) is 0.207. The minimum atomic E-state index is -0.224. The molecule has 0 bridgehead atoms. The van der Waals surface area contributed by atoms with E-state index in [1.807, 2.05) is 12.4 Å². The second-order valence-corrected chi connectivity index (χ2v) is 5.92. The van der Waals surface area contributed by atoms with Crippen molar-refractivity contribution in [1.29, 1.82) is 0 Å². The summed E-state index contributed by atoms with van der Waals surface area (Å²) in [4.78, 5) is 20.8. The fraction of sp³-hybridized carbons (Fsp3) is 0.833. The molecule has 1 radical (unpaired) electrons. The van der Waals surface area contributed by atoms with Gasteiger partial charge in [-0.05, 0) is 31.8 Å². The summed E-state index contributed by atoms with van der Waals surface area (Å²) in [5.74, 6) is 0. The predicted octanol–water partition coefficient (Wildman–Crippen LogP) is 5.74. The Morgan fingerprint density at radius 1 is 0.955 bits per heavy atom. The summed E-state index contributed by atoms with van der Waals surface area (Å²) >= 11 is 0. The molecule has 0 aliphatic rings. The first-order valence-corrected chi connectivity index (χ1v) is 8.90. The number of hydrogen-bond donors (Lipinski definition) is 0. The minimum Gasteiger partial charge on any atom is -0.291 e. The number of carbonyl (C=O) groups excluding carboxylic acids is 1. The summed E-state index contributed by atoms with van der Waals surface area (Å²) in [6.45, 7) is 2.20. The maximum atomic E-state index is 11.0. The van der Waals surface area contributed by atoms with Gasteiger partial charge in [-0.25, -0.2) is 0 Å². The van der Waals surface area contributed by atoms with Crippen molar-refractivity contribution in [3.63, 3.8) is 0 Å². The molecule has 127 valence electrons. The van der Waals surface area contributed by atoms with Gasteiger partial charge in [0.2, 0.25) is 5.70 Å². The Morgan fingerprint density at radius 2 is 1.55 bits per heavy atom. The lowest BCUT2D eigenvalue weighted by molar-refractivity contribution is -0.428. The molecule has 0 aromatic rings. The maximum absolute atomic E-state index is 11.0. The highest BCUT2D eigenvalue weighted by atomic mass is 16.6. The van der Waals surface area contributed by atoms with E-state index in [-0.39, 0.29) is 4.92 Å². The van der Waals surface area contributed by atoms with Gasteiger partial charge >= 0.3 is 0 Å². The molecule has 0 saturated carbocycles. The van der Waals surface area contributed by atoms with Crippen LogP contribution in [0, 0.1) is 10.1 Å². The number of rotatable bonds is 16. The zero-order valence-corrected chi connectivity index (χ0v) is 14.1. The molecule has 22 heavy (non-hydrogen) atoms. The van der Waals surface area contributed by atoms with E-state index in [4.69, 9.17) is 0 Å². The molecule has 0 unspecified atom stereocenters. The van der Waals surface area contributed by atoms with Crippen LogP contribution in [0.2, 0.25) is 0 Å². The van der Waals surface area contributed by atoms with Crippen LogP contribution in [-0.4, -0.2) is 11.2 Å². The van der Waals surface area contributed by atoms with Gasteiger partial charge in [0.25, 0.3) is 0 Å². The summed E-state index contributed by atoms with van der Waals surface area (Å²) in [7, 11) is 0. The Kier molecular flexibility index (Phi) is 15.3. The van der Waals surface area contributed by atoms with Crippen LogP contribution in [0.3, 0.4) is 0 Å². The molecule has 0 saturated heterocycles. The highest BCUT2D eigenvalue weighted by Gasteiger charge is 2.09. The normalized spacial score (nSPS) is 11.6. The first-order chi connectivity index (χ1) is 10.7. The van der Waals surface area contributed by atoms with Crippen LogP contribution < -0.4 is 0 Å². The fourth-order valence-corrected chi connectivity index (χ4v) is 2.49. The molecule has 0 aliphatic heterocycles. The molecule has 4 heteroatoms. The molecule has 0 fully saturated rings. The van der Waals surface area contributed by atoms with Gasteiger partial charge in [0.1, 0.15) is 0 Å². The van der Waals surface area contributed by atoms with Crippen LogP contribution >= 0.6 is 0 Å². The van der Waals surface area contributed by atoms with Crippen molar-refractivity contribution in [2.75, 3.05) is 0 Å². The Hall–Kier alpha value is -1.19. The van der Waals surface area contributed by atoms with E-state index < -0.39 is 0 Å². The highest BCUT2D eigenvalue weighted by Crippen LogP contribution is 2.14. The summed E-state index contributed by atoms with van der Waals surface area (Å²) in [5, 5.41) is 11.0. The lowest BCUT2D eigenvalue weighted by Gasteiger charge is -2.01. The Labute approximate surface area is 135 Å². The molecular formula is C18H32NO3. The summed E-state index contributed by atoms with van der Waals surface area (Å²) < 4.78 is 0. The molecule has 0 aromatic carbocycles. The van der Waals surface area contributed by atoms with Crippen molar-refractivity contribution in [2.24, 2.45) is 0 Å². The summed E-state index contributed by atoms with van der Waals surface area (Å²) in [6.07, 6.45) is 17.7. The smallest absolute Gasteiger partial charge is 0.242 e. The van der Waals surface area contributed by atoms with E-state index in [1.54, 1.807) is 0 Å². The second-order valence-electron chi connectivity index (χ2n) is 5.92. The summed E-state index contributed by atoms with van der Waals surface area (Å²) in [5.41, 5.74) is 0.384. The largest absolute Gasteiger partial charge is 0.291 e. The van der Waals surface area contributed by atoms with Gasteiger partial charge in [-0.3, -0.25) is 14.9 Å². The fourth-order valence-electron chi connectivity index (χ4n) is 2.49. The molecule has 0 spiro atoms. The van der Waals surface area contributed by atoms with Crippen LogP contribution in [-0.2, 0) is 4.79 Å². The molecule has 0 aromatic heterocycles. The van der Waals surface area contributed by atoms with E-state index >= 15 is 0 Å². The second kappa shape index (κ2) is 16.2. The van der Waals surface area contributed by atoms with Crippen molar-refractivity contribution < 1.29 is 9.72 Å². The molecular weight excluding hydrogens is 278 g/mol. The van der Waals surface area contributed by atoms with Gasteiger partial charge in [0.05, 0.1) is 4.92 Å². The van der Waals surface area contributed by atoms with Gasteiger partial charge in [-0.15, -0.1) is 0 Å². The van der Waals surface area contributed by atoms with Crippen molar-refractivity contribution in [3.8, 4) is 0 Å². The van der Waals surface area contributed by atoms with Gasteiger partial charge in [-0.2, -0.15) is 0 Å². The van der Waals surface area contributed by atoms with Gasteiger partial charge in [0.15, 0.2) is 6.29 Å². The van der Waals surface area contributed by atoms with E-state index in [2.05, 4.69) is 6.92 Å². The molecule has 0 aliphatic carbocycles. The lowest BCUT2D eigenvalue weighted by atomic mass is 10.1. The molecule has 0 N–H and O–H groups in total. The number of allylic oxidation sites excluding steroid dienone is 2. The monoisotopic (exact) mass is 310 g/mol. The number of nitro groups is 1. The SMILES string of the molecule is CCCCCCCC/C=C(/CCCCCCC[C]=O)[N+](=O)[O-]. The van der Waals surface area contributed by atoms with Crippen LogP contribution in [0.1, 0.15) is 96.8 Å². The predicted molar refractivity (Wildman–Crippen MR) is 91.1 cm³/mol.